The molecule has 10 heteroatoms. The van der Waals surface area contributed by atoms with E-state index in [-0.39, 0.29) is 17.5 Å². The number of hydrogen-bond donors (Lipinski definition) is 1. The Balaban J connectivity index is 1.39. The summed E-state index contributed by atoms with van der Waals surface area (Å²) in [6.45, 7) is 2.59. The second-order valence-electron chi connectivity index (χ2n) is 6.44. The van der Waals surface area contributed by atoms with E-state index in [4.69, 9.17) is 11.6 Å². The monoisotopic (exact) mass is 473 g/mol. The predicted octanol–water partition coefficient (Wildman–Crippen LogP) is 5.61. The van der Waals surface area contributed by atoms with E-state index in [1.807, 2.05) is 29.0 Å². The molecule has 0 saturated carbocycles. The van der Waals surface area contributed by atoms with Crippen molar-refractivity contribution < 1.29 is 9.18 Å². The van der Waals surface area contributed by atoms with Crippen molar-refractivity contribution in [3.05, 3.63) is 64.8 Å². The molecule has 2 aromatic carbocycles. The van der Waals surface area contributed by atoms with Crippen molar-refractivity contribution in [3.8, 4) is 22.6 Å². The maximum atomic E-state index is 13.2. The van der Waals surface area contributed by atoms with Crippen LogP contribution in [0.25, 0.3) is 22.6 Å². The zero-order chi connectivity index (χ0) is 21.8. The minimum Gasteiger partial charge on any atom is -0.302 e. The first-order chi connectivity index (χ1) is 15.0. The Hall–Kier alpha value is -2.75. The molecule has 2 heterocycles. The van der Waals surface area contributed by atoms with Crippen molar-refractivity contribution in [1.29, 1.82) is 0 Å². The van der Waals surface area contributed by atoms with Gasteiger partial charge >= 0.3 is 0 Å². The molecule has 31 heavy (non-hydrogen) atoms. The molecule has 1 N–H and O–H groups in total. The standard InChI is InChI=1S/C21H17ClFN5OS2/c1-2-28-19(14-5-9-16(23)10-6-14)26-27-21(28)31-12-18(29)25-20-24-17(11-30-20)13-3-7-15(22)8-4-13/h3-11H,2,12H2,1H3,(H,24,25,29). The molecule has 0 saturated heterocycles. The highest BCUT2D eigenvalue weighted by atomic mass is 35.5. The molecule has 0 fully saturated rings. The van der Waals surface area contributed by atoms with Crippen LogP contribution in [0, 0.1) is 5.82 Å². The maximum absolute atomic E-state index is 13.2. The molecule has 0 spiro atoms. The van der Waals surface area contributed by atoms with Gasteiger partial charge in [0.25, 0.3) is 0 Å². The maximum Gasteiger partial charge on any atom is 0.236 e. The van der Waals surface area contributed by atoms with Gasteiger partial charge in [-0.25, -0.2) is 9.37 Å². The average molecular weight is 474 g/mol. The van der Waals surface area contributed by atoms with E-state index in [1.54, 1.807) is 24.3 Å². The van der Waals surface area contributed by atoms with E-state index in [0.717, 1.165) is 16.8 Å². The molecule has 158 valence electrons. The summed E-state index contributed by atoms with van der Waals surface area (Å²) in [6.07, 6.45) is 0. The summed E-state index contributed by atoms with van der Waals surface area (Å²) in [5.41, 5.74) is 2.48. The third-order valence-corrected chi connectivity index (χ3v) is 6.33. The van der Waals surface area contributed by atoms with Gasteiger partial charge in [0, 0.05) is 28.1 Å². The Bertz CT molecular complexity index is 1190. The first-order valence-corrected chi connectivity index (χ1v) is 11.6. The molecule has 0 bridgehead atoms. The normalized spacial score (nSPS) is 10.9. The summed E-state index contributed by atoms with van der Waals surface area (Å²) in [5.74, 6) is 0.310. The summed E-state index contributed by atoms with van der Waals surface area (Å²) in [6, 6.07) is 13.5. The molecular formula is C21H17ClFN5OS2. The second kappa shape index (κ2) is 9.59. The van der Waals surface area contributed by atoms with E-state index in [9.17, 15) is 9.18 Å². The quantitative estimate of drug-likeness (QED) is 0.353. The first-order valence-electron chi connectivity index (χ1n) is 9.36. The third kappa shape index (κ3) is 5.12. The number of halogens is 2. The van der Waals surface area contributed by atoms with Crippen LogP contribution in [0.5, 0.6) is 0 Å². The SMILES string of the molecule is CCn1c(SCC(=O)Nc2nc(-c3ccc(Cl)cc3)cs2)nnc1-c1ccc(F)cc1. The molecular weight excluding hydrogens is 457 g/mol. The molecule has 0 aliphatic carbocycles. The van der Waals surface area contributed by atoms with Crippen molar-refractivity contribution in [2.75, 3.05) is 11.1 Å². The summed E-state index contributed by atoms with van der Waals surface area (Å²) in [7, 11) is 0. The molecule has 0 aliphatic heterocycles. The second-order valence-corrected chi connectivity index (χ2v) is 8.68. The lowest BCUT2D eigenvalue weighted by molar-refractivity contribution is -0.113. The number of thiazole rings is 1. The number of benzene rings is 2. The van der Waals surface area contributed by atoms with Gasteiger partial charge < -0.3 is 9.88 Å². The molecule has 1 amide bonds. The number of carbonyl (C=O) groups is 1. The van der Waals surface area contributed by atoms with Crippen LogP contribution in [-0.4, -0.2) is 31.4 Å². The average Bonchev–Trinajstić information content (AvgIpc) is 3.40. The lowest BCUT2D eigenvalue weighted by Crippen LogP contribution is -2.14. The third-order valence-electron chi connectivity index (χ3n) is 4.36. The Kier molecular flexibility index (Phi) is 6.64. The van der Waals surface area contributed by atoms with Crippen LogP contribution >= 0.6 is 34.7 Å². The number of rotatable bonds is 7. The lowest BCUT2D eigenvalue weighted by atomic mass is 10.2. The highest BCUT2D eigenvalue weighted by Crippen LogP contribution is 2.27. The van der Waals surface area contributed by atoms with Crippen molar-refractivity contribution in [2.24, 2.45) is 0 Å². The van der Waals surface area contributed by atoms with E-state index >= 15 is 0 Å². The summed E-state index contributed by atoms with van der Waals surface area (Å²) < 4.78 is 15.1. The molecule has 4 rings (SSSR count). The zero-order valence-electron chi connectivity index (χ0n) is 16.4. The molecule has 2 aromatic heterocycles. The Morgan fingerprint density at radius 2 is 1.84 bits per heavy atom. The van der Waals surface area contributed by atoms with Crippen LogP contribution in [0.15, 0.2) is 59.1 Å². The number of nitrogens with one attached hydrogen (secondary N) is 1. The van der Waals surface area contributed by atoms with Crippen molar-refractivity contribution >= 4 is 45.7 Å². The van der Waals surface area contributed by atoms with Gasteiger partial charge in [0.1, 0.15) is 5.82 Å². The lowest BCUT2D eigenvalue weighted by Gasteiger charge is -2.07. The van der Waals surface area contributed by atoms with Crippen molar-refractivity contribution in [3.63, 3.8) is 0 Å². The minimum absolute atomic E-state index is 0.164. The Morgan fingerprint density at radius 3 is 2.55 bits per heavy atom. The van der Waals surface area contributed by atoms with Crippen LogP contribution in [0.2, 0.25) is 5.02 Å². The van der Waals surface area contributed by atoms with E-state index in [2.05, 4.69) is 20.5 Å². The van der Waals surface area contributed by atoms with Gasteiger partial charge in [-0.15, -0.1) is 21.5 Å². The van der Waals surface area contributed by atoms with Gasteiger partial charge in [0.05, 0.1) is 11.4 Å². The Labute approximate surface area is 191 Å². The highest BCUT2D eigenvalue weighted by Gasteiger charge is 2.15. The van der Waals surface area contributed by atoms with Gasteiger partial charge in [-0.1, -0.05) is 35.5 Å². The first kappa shape index (κ1) is 21.5. The highest BCUT2D eigenvalue weighted by molar-refractivity contribution is 7.99. The van der Waals surface area contributed by atoms with E-state index in [0.29, 0.717) is 27.7 Å². The van der Waals surface area contributed by atoms with Crippen LogP contribution < -0.4 is 5.32 Å². The molecule has 4 aromatic rings. The van der Waals surface area contributed by atoms with Crippen LogP contribution in [0.3, 0.4) is 0 Å². The number of carbonyl (C=O) groups excluding carboxylic acids is 1. The van der Waals surface area contributed by atoms with Gasteiger partial charge in [-0.05, 0) is 43.3 Å². The molecule has 0 atom stereocenters. The number of anilines is 1. The number of hydrogen-bond acceptors (Lipinski definition) is 6. The van der Waals surface area contributed by atoms with E-state index < -0.39 is 0 Å². The largest absolute Gasteiger partial charge is 0.302 e. The van der Waals surface area contributed by atoms with Gasteiger partial charge in [0.15, 0.2) is 16.1 Å². The number of nitrogens with zero attached hydrogens (tertiary/aromatic N) is 4. The smallest absolute Gasteiger partial charge is 0.236 e. The number of aromatic nitrogens is 4. The zero-order valence-corrected chi connectivity index (χ0v) is 18.8. The van der Waals surface area contributed by atoms with Gasteiger partial charge in [0.2, 0.25) is 5.91 Å². The number of amides is 1. The fourth-order valence-corrected chi connectivity index (χ4v) is 4.53. The number of thioether (sulfide) groups is 1. The minimum atomic E-state index is -0.306. The molecule has 6 nitrogen and oxygen atoms in total. The fourth-order valence-electron chi connectivity index (χ4n) is 2.86. The van der Waals surface area contributed by atoms with Gasteiger partial charge in [-0.3, -0.25) is 4.79 Å². The van der Waals surface area contributed by atoms with E-state index in [1.165, 1.54) is 35.2 Å². The van der Waals surface area contributed by atoms with Crippen LogP contribution in [0.4, 0.5) is 9.52 Å². The summed E-state index contributed by atoms with van der Waals surface area (Å²) in [4.78, 5) is 16.9. The fraction of sp³-hybridized carbons (Fsp3) is 0.143. The van der Waals surface area contributed by atoms with Gasteiger partial charge in [-0.2, -0.15) is 0 Å². The van der Waals surface area contributed by atoms with Crippen molar-refractivity contribution in [1.82, 2.24) is 19.7 Å². The molecule has 0 radical (unpaired) electrons. The molecule has 0 unspecified atom stereocenters. The van der Waals surface area contributed by atoms with Crippen LogP contribution in [0.1, 0.15) is 6.92 Å². The summed E-state index contributed by atoms with van der Waals surface area (Å²) >= 11 is 8.57. The summed E-state index contributed by atoms with van der Waals surface area (Å²) in [5, 5.41) is 14.9. The van der Waals surface area contributed by atoms with Crippen LogP contribution in [-0.2, 0) is 11.3 Å². The molecule has 0 aliphatic rings. The topological polar surface area (TPSA) is 72.7 Å². The van der Waals surface area contributed by atoms with Crippen molar-refractivity contribution in [2.45, 2.75) is 18.6 Å². The predicted molar refractivity (Wildman–Crippen MR) is 123 cm³/mol. The Morgan fingerprint density at radius 1 is 1.13 bits per heavy atom.